The molecule has 0 amide bonds. The average Bonchev–Trinajstić information content (AvgIpc) is 2.74. The maximum absolute atomic E-state index is 5.38. The van der Waals surface area contributed by atoms with Crippen LogP contribution in [-0.4, -0.2) is 13.2 Å². The molecule has 0 heterocycles. The minimum Gasteiger partial charge on any atom is -0.382 e. The SMILES string of the molecule is [CH2]CCCCCCCCCCCCCCCCCCCCCCCCCOCC. The molecule has 0 unspecified atom stereocenters. The third-order valence-corrected chi connectivity index (χ3v) is 6.24. The first-order chi connectivity index (χ1) is 14.4. The van der Waals surface area contributed by atoms with Crippen LogP contribution in [0.25, 0.3) is 0 Å². The van der Waals surface area contributed by atoms with Gasteiger partial charge in [-0.1, -0.05) is 155 Å². The van der Waals surface area contributed by atoms with E-state index in [1.807, 2.05) is 0 Å². The van der Waals surface area contributed by atoms with Gasteiger partial charge >= 0.3 is 0 Å². The zero-order chi connectivity index (χ0) is 21.1. The lowest BCUT2D eigenvalue weighted by atomic mass is 10.0. The summed E-state index contributed by atoms with van der Waals surface area (Å²) in [6.07, 6.45) is 34.3. The monoisotopic (exact) mass is 409 g/mol. The summed E-state index contributed by atoms with van der Waals surface area (Å²) in [5.74, 6) is 0. The van der Waals surface area contributed by atoms with E-state index in [0.717, 1.165) is 19.6 Å². The van der Waals surface area contributed by atoms with Gasteiger partial charge in [0, 0.05) is 13.2 Å². The lowest BCUT2D eigenvalue weighted by molar-refractivity contribution is 0.143. The van der Waals surface area contributed by atoms with Gasteiger partial charge in [-0.15, -0.1) is 0 Å². The normalized spacial score (nSPS) is 11.4. The van der Waals surface area contributed by atoms with E-state index in [1.165, 1.54) is 148 Å². The van der Waals surface area contributed by atoms with Crippen LogP contribution < -0.4 is 0 Å². The Kier molecular flexibility index (Phi) is 27.9. The molecule has 0 aliphatic heterocycles. The molecule has 0 saturated carbocycles. The van der Waals surface area contributed by atoms with E-state index in [4.69, 9.17) is 4.74 Å². The first kappa shape index (κ1) is 29.0. The van der Waals surface area contributed by atoms with E-state index in [0.29, 0.717) is 0 Å². The zero-order valence-corrected chi connectivity index (χ0v) is 20.5. The second kappa shape index (κ2) is 28.0. The Hall–Kier alpha value is -0.0400. The summed E-state index contributed by atoms with van der Waals surface area (Å²) in [4.78, 5) is 0. The fraction of sp³-hybridized carbons (Fsp3) is 0.964. The second-order valence-corrected chi connectivity index (χ2v) is 9.18. The fourth-order valence-corrected chi connectivity index (χ4v) is 4.24. The van der Waals surface area contributed by atoms with Crippen molar-refractivity contribution in [3.63, 3.8) is 0 Å². The molecular formula is C28H57O. The summed E-state index contributed by atoms with van der Waals surface area (Å²) in [5, 5.41) is 0. The minimum absolute atomic E-state index is 0.873. The molecule has 0 fully saturated rings. The van der Waals surface area contributed by atoms with Crippen molar-refractivity contribution in [3.8, 4) is 0 Å². The maximum atomic E-state index is 5.38. The van der Waals surface area contributed by atoms with E-state index in [2.05, 4.69) is 13.8 Å². The van der Waals surface area contributed by atoms with Crippen molar-refractivity contribution in [1.29, 1.82) is 0 Å². The number of hydrogen-bond acceptors (Lipinski definition) is 1. The molecule has 1 radical (unpaired) electrons. The van der Waals surface area contributed by atoms with Gasteiger partial charge in [-0.25, -0.2) is 0 Å². The molecule has 29 heavy (non-hydrogen) atoms. The molecule has 0 spiro atoms. The van der Waals surface area contributed by atoms with Gasteiger partial charge < -0.3 is 4.74 Å². The molecule has 0 N–H and O–H groups in total. The predicted octanol–water partition coefficient (Wildman–Crippen LogP) is 10.2. The molecule has 0 aliphatic carbocycles. The van der Waals surface area contributed by atoms with Crippen LogP contribution in [0.3, 0.4) is 0 Å². The zero-order valence-electron chi connectivity index (χ0n) is 20.5. The van der Waals surface area contributed by atoms with Crippen molar-refractivity contribution in [3.05, 3.63) is 6.92 Å². The van der Waals surface area contributed by atoms with E-state index in [1.54, 1.807) is 0 Å². The lowest BCUT2D eigenvalue weighted by Gasteiger charge is -2.04. The van der Waals surface area contributed by atoms with Gasteiger partial charge in [-0.2, -0.15) is 0 Å². The van der Waals surface area contributed by atoms with Gasteiger partial charge in [0.2, 0.25) is 0 Å². The molecule has 0 bridgehead atoms. The van der Waals surface area contributed by atoms with Crippen molar-refractivity contribution < 1.29 is 4.74 Å². The molecule has 0 saturated heterocycles. The third-order valence-electron chi connectivity index (χ3n) is 6.24. The van der Waals surface area contributed by atoms with E-state index in [-0.39, 0.29) is 0 Å². The standard InChI is InChI=1S/C28H57O/c1-3-5-6-7-8-9-10-11-12-13-14-15-16-17-18-19-20-21-22-23-24-25-26-27-28-29-4-2/h1,3-28H2,2H3. The van der Waals surface area contributed by atoms with E-state index >= 15 is 0 Å². The first-order valence-corrected chi connectivity index (χ1v) is 13.8. The van der Waals surface area contributed by atoms with Gasteiger partial charge in [-0.3, -0.25) is 0 Å². The summed E-state index contributed by atoms with van der Waals surface area (Å²) in [7, 11) is 0. The van der Waals surface area contributed by atoms with E-state index < -0.39 is 0 Å². The van der Waals surface area contributed by atoms with Crippen LogP contribution in [0.15, 0.2) is 0 Å². The van der Waals surface area contributed by atoms with Crippen molar-refractivity contribution >= 4 is 0 Å². The first-order valence-electron chi connectivity index (χ1n) is 13.8. The highest BCUT2D eigenvalue weighted by atomic mass is 16.5. The number of unbranched alkanes of at least 4 members (excludes halogenated alkanes) is 23. The molecule has 0 atom stereocenters. The summed E-state index contributed by atoms with van der Waals surface area (Å²) in [6.45, 7) is 7.83. The Morgan fingerprint density at radius 1 is 0.379 bits per heavy atom. The number of rotatable bonds is 26. The van der Waals surface area contributed by atoms with E-state index in [9.17, 15) is 0 Å². The number of ether oxygens (including phenoxy) is 1. The Morgan fingerprint density at radius 2 is 0.621 bits per heavy atom. The van der Waals surface area contributed by atoms with Gasteiger partial charge in [0.1, 0.15) is 0 Å². The molecule has 0 aromatic heterocycles. The Balaban J connectivity index is 2.97. The van der Waals surface area contributed by atoms with Crippen LogP contribution in [0.2, 0.25) is 0 Å². The summed E-state index contributed by atoms with van der Waals surface area (Å²) < 4.78 is 5.38. The van der Waals surface area contributed by atoms with Crippen molar-refractivity contribution in [2.75, 3.05) is 13.2 Å². The quantitative estimate of drug-likeness (QED) is 0.129. The van der Waals surface area contributed by atoms with Crippen molar-refractivity contribution in [2.24, 2.45) is 0 Å². The molecule has 1 nitrogen and oxygen atoms in total. The van der Waals surface area contributed by atoms with Crippen LogP contribution in [0.1, 0.15) is 161 Å². The summed E-state index contributed by atoms with van der Waals surface area (Å²) in [6, 6.07) is 0. The van der Waals surface area contributed by atoms with Crippen LogP contribution in [0, 0.1) is 6.92 Å². The highest BCUT2D eigenvalue weighted by molar-refractivity contribution is 4.52. The Bertz CT molecular complexity index is 237. The highest BCUT2D eigenvalue weighted by Gasteiger charge is 1.96. The van der Waals surface area contributed by atoms with Gasteiger partial charge in [0.15, 0.2) is 0 Å². The van der Waals surface area contributed by atoms with Crippen LogP contribution in [0.5, 0.6) is 0 Å². The van der Waals surface area contributed by atoms with Crippen LogP contribution in [0.4, 0.5) is 0 Å². The lowest BCUT2D eigenvalue weighted by Crippen LogP contribution is -1.92. The second-order valence-electron chi connectivity index (χ2n) is 9.18. The minimum atomic E-state index is 0.873. The molecular weight excluding hydrogens is 352 g/mol. The van der Waals surface area contributed by atoms with Crippen LogP contribution >= 0.6 is 0 Å². The summed E-state index contributed by atoms with van der Waals surface area (Å²) >= 11 is 0. The Labute approximate surface area is 186 Å². The topological polar surface area (TPSA) is 9.23 Å². The smallest absolute Gasteiger partial charge is 0.0465 e. The molecule has 0 aromatic carbocycles. The molecule has 1 heteroatoms. The van der Waals surface area contributed by atoms with Gasteiger partial charge in [-0.05, 0) is 13.3 Å². The predicted molar refractivity (Wildman–Crippen MR) is 133 cm³/mol. The Morgan fingerprint density at radius 3 is 0.862 bits per heavy atom. The van der Waals surface area contributed by atoms with Crippen molar-refractivity contribution in [1.82, 2.24) is 0 Å². The molecule has 0 aliphatic rings. The molecule has 0 aromatic rings. The highest BCUT2D eigenvalue weighted by Crippen LogP contribution is 2.15. The largest absolute Gasteiger partial charge is 0.382 e. The fourth-order valence-electron chi connectivity index (χ4n) is 4.24. The average molecular weight is 410 g/mol. The summed E-state index contributed by atoms with van der Waals surface area (Å²) in [5.41, 5.74) is 0. The van der Waals surface area contributed by atoms with Crippen LogP contribution in [-0.2, 0) is 4.74 Å². The number of hydrogen-bond donors (Lipinski definition) is 0. The molecule has 175 valence electrons. The third kappa shape index (κ3) is 28.0. The van der Waals surface area contributed by atoms with Gasteiger partial charge in [0.25, 0.3) is 0 Å². The maximum Gasteiger partial charge on any atom is 0.0465 e. The van der Waals surface area contributed by atoms with Gasteiger partial charge in [0.05, 0.1) is 0 Å². The molecule has 0 rings (SSSR count). The van der Waals surface area contributed by atoms with Crippen molar-refractivity contribution in [2.45, 2.75) is 161 Å².